The maximum absolute atomic E-state index is 14.9. The number of carbonyl (C=O) groups is 15. The van der Waals surface area contributed by atoms with Crippen LogP contribution in [0, 0.1) is 22.7 Å². The van der Waals surface area contributed by atoms with Crippen LogP contribution in [-0.2, 0) is 70.4 Å². The predicted molar refractivity (Wildman–Crippen MR) is 548 cm³/mol. The van der Waals surface area contributed by atoms with Gasteiger partial charge in [0.2, 0.25) is 70.3 Å². The SMILES string of the molecule is CC(C)C[C@H](NC(=O)[C@@H](Cc1ccccc1)NC(=O)CNC(=O)CNC(=O)c1ccc(C2=C3C=CC(=O)C=C3Cc3cc(O)ccc32)c(C(=O)O)c1)C(=O)N[C@@H](CCCNC(=N)N)C(=O)N[C@@H](CCCNC(=N)N)C(=O)N[C@H](C(=O)N[C@@H](CSC1CC(=O)N(c2ccc(-c3c4ccc(=[N+](C)C)cc-4oc4cc(N(C)C)ccc34)c(C(=O)O)c2)C1=O)C(=O)NCCC(N)=O)C(C)C.PP(P)C(P)(P)P. The Bertz CT molecular complexity index is 6020. The zero-order chi connectivity index (χ0) is 101. The normalized spacial score (nSPS) is 14.6. The first-order valence-corrected chi connectivity index (χ1v) is 51.2. The number of amides is 12. The van der Waals surface area contributed by atoms with E-state index >= 15 is 0 Å². The number of hydrogen-bond donors (Lipinski definition) is 19. The van der Waals surface area contributed by atoms with Crippen LogP contribution in [0.1, 0.15) is 126 Å². The van der Waals surface area contributed by atoms with E-state index in [2.05, 4.69) is 104 Å². The van der Waals surface area contributed by atoms with Gasteiger partial charge in [0.25, 0.3) is 5.91 Å². The van der Waals surface area contributed by atoms with Gasteiger partial charge in [-0.15, -0.1) is 57.3 Å². The van der Waals surface area contributed by atoms with Gasteiger partial charge in [0, 0.05) is 103 Å². The molecule has 38 nitrogen and oxygen atoms in total. The average molecular weight is 2020 g/mol. The molecule has 0 bridgehead atoms. The molecule has 0 spiro atoms. The van der Waals surface area contributed by atoms with Crippen molar-refractivity contribution in [3.63, 3.8) is 0 Å². The van der Waals surface area contributed by atoms with Crippen molar-refractivity contribution in [1.82, 2.24) is 63.1 Å². The van der Waals surface area contributed by atoms with Crippen LogP contribution in [0.2, 0.25) is 0 Å². The highest BCUT2D eigenvalue weighted by molar-refractivity contribution is 8.47. The van der Waals surface area contributed by atoms with E-state index in [4.69, 9.17) is 32.4 Å². The molecule has 3 aliphatic carbocycles. The number of benzene rings is 6. The van der Waals surface area contributed by atoms with Crippen LogP contribution in [0.25, 0.3) is 39.0 Å². The van der Waals surface area contributed by atoms with Crippen molar-refractivity contribution in [3.8, 4) is 28.2 Å². The van der Waals surface area contributed by atoms with Crippen LogP contribution in [0.15, 0.2) is 155 Å². The molecule has 0 aromatic heterocycles. The Morgan fingerprint density at radius 3 is 1.81 bits per heavy atom. The smallest absolute Gasteiger partial charge is 0.336 e. The van der Waals surface area contributed by atoms with Crippen LogP contribution in [0.5, 0.6) is 5.75 Å². The highest BCUT2D eigenvalue weighted by atomic mass is 32.4. The summed E-state index contributed by atoms with van der Waals surface area (Å²) in [5, 5.41) is 76.1. The molecule has 2 heterocycles. The summed E-state index contributed by atoms with van der Waals surface area (Å²) in [5.74, 6) is -15.4. The fourth-order valence-corrected chi connectivity index (χ4v) is 16.4. The number of phenols is 1. The van der Waals surface area contributed by atoms with Crippen molar-refractivity contribution in [1.29, 1.82) is 10.8 Å². The van der Waals surface area contributed by atoms with E-state index in [1.165, 1.54) is 54.6 Å². The summed E-state index contributed by atoms with van der Waals surface area (Å²) in [6.45, 7) is 4.89. The fourth-order valence-electron chi connectivity index (χ4n) is 15.2. The number of primary amides is 1. The molecule has 22 N–H and O–H groups in total. The molecule has 12 atom stereocenters. The number of aromatic carboxylic acids is 2. The molecule has 5 aliphatic rings. The number of nitrogens with zero attached hydrogens (tertiary/aromatic N) is 3. The molecule has 0 radical (unpaired) electrons. The maximum Gasteiger partial charge on any atom is 0.336 e. The standard InChI is InChI=1S/C92H107N19O19S.CH10P6/c1-47(2)34-68(106-86(123)69(35-49-14-10-9-11-15-49)103-76(116)45-101-75(115)44-102-81(118)50-18-24-60(64(39-50)89(126)127)78-58-28-22-56(112)37-51(58)36-52-38-57(113)23-29-59(52)78)85(122)105-66(16-12-31-99-91(94)95)83(120)104-67(17-13-32-100-92(96)97)84(121)108-80(48(3)4)87(124)107-70(82(119)98-33-30-74(93)114)46-131-73-43-77(117)111(88(73)125)55-21-25-61(65(40-55)90(128)129)79-62-26-19-53(109(5)6)41-71(62)130-72-42-54(110(7)8)20-27-63(72)79;2-1(3,4)7(5)6/h9-11,14-15,18-29,37-42,47-48,66-70,73,80H,12-13,16-17,30-36,43-46H2,1-8H3,(H21-,93,94,95,96,97,98,99,100,101,102,103,104,105,106,107,108,112,113,114,115,116,118,119,120,121,122,123,124,126,127,128,129);2-6H2/p+1/t66-,67-,68-,69+,70-,73?,80-;/m0./s1. The zero-order valence-corrected chi connectivity index (χ0v) is 84.8. The Balaban J connectivity index is 0.00000293. The lowest BCUT2D eigenvalue weighted by atomic mass is 9.76. The van der Waals surface area contributed by atoms with Gasteiger partial charge in [-0.3, -0.25) is 73.1 Å². The molecule has 12 amide bonds. The molecule has 5 aromatic rings. The Labute approximate surface area is 813 Å². The van der Waals surface area contributed by atoms with Gasteiger partial charge in [-0.2, -0.15) is 0 Å². The van der Waals surface area contributed by atoms with Crippen LogP contribution >= 0.6 is 64.6 Å². The number of fused-ring (bicyclic) bond motifs is 4. The van der Waals surface area contributed by atoms with Gasteiger partial charge in [-0.25, -0.2) is 19.1 Å². The first-order valence-electron chi connectivity index (χ1n) is 43.9. The number of imide groups is 1. The first kappa shape index (κ1) is 109. The van der Waals surface area contributed by atoms with Gasteiger partial charge >= 0.3 is 11.9 Å². The van der Waals surface area contributed by atoms with Crippen molar-refractivity contribution in [2.75, 3.05) is 76.5 Å². The summed E-state index contributed by atoms with van der Waals surface area (Å²) >= 11 is 0.820. The quantitative estimate of drug-likeness (QED) is 0.00479. The number of rotatable bonds is 43. The van der Waals surface area contributed by atoms with Gasteiger partial charge in [0.1, 0.15) is 67.4 Å². The van der Waals surface area contributed by atoms with Gasteiger partial charge in [-0.1, -0.05) is 89.6 Å². The lowest BCUT2D eigenvalue weighted by Gasteiger charge is -2.29. The van der Waals surface area contributed by atoms with Crippen molar-refractivity contribution in [2.45, 2.75) is 131 Å². The molecule has 10 rings (SSSR count). The molecule has 6 unspecified atom stereocenters. The van der Waals surface area contributed by atoms with Crippen LogP contribution in [-0.4, -0.2) is 228 Å². The largest absolute Gasteiger partial charge is 0.508 e. The van der Waals surface area contributed by atoms with E-state index in [9.17, 15) is 87.2 Å². The number of hydrogen-bond acceptors (Lipinski definition) is 21. The molecule has 1 saturated heterocycles. The van der Waals surface area contributed by atoms with Gasteiger partial charge in [0.15, 0.2) is 17.7 Å². The second-order valence-electron chi connectivity index (χ2n) is 34.2. The number of guanidine groups is 2. The highest BCUT2D eigenvalue weighted by Crippen LogP contribution is 2.72. The fraction of sp³-hybridized carbons (Fsp3) is 0.355. The lowest BCUT2D eigenvalue weighted by Crippen LogP contribution is -2.61. The molecule has 1 fully saturated rings. The van der Waals surface area contributed by atoms with E-state index in [0.717, 1.165) is 33.8 Å². The number of phenolic OH excluding ortho intramolecular Hbond substituents is 1. The Kier molecular flexibility index (Phi) is 39.7. The van der Waals surface area contributed by atoms with Crippen molar-refractivity contribution in [3.05, 3.63) is 195 Å². The van der Waals surface area contributed by atoms with Gasteiger partial charge in [0.05, 0.1) is 41.2 Å². The maximum atomic E-state index is 14.9. The molecule has 734 valence electrons. The minimum Gasteiger partial charge on any atom is -0.508 e. The lowest BCUT2D eigenvalue weighted by molar-refractivity contribution is -0.136. The van der Waals surface area contributed by atoms with E-state index in [1.807, 2.05) is 74.1 Å². The van der Waals surface area contributed by atoms with Crippen molar-refractivity contribution < 1.29 is 91.7 Å². The molecule has 0 saturated carbocycles. The van der Waals surface area contributed by atoms with E-state index in [-0.39, 0.29) is 134 Å². The zero-order valence-electron chi connectivity index (χ0n) is 77.3. The number of aromatic hydroxyl groups is 1. The predicted octanol–water partition coefficient (Wildman–Crippen LogP) is 4.40. The second kappa shape index (κ2) is 50.2. The van der Waals surface area contributed by atoms with Crippen molar-refractivity contribution >= 4 is 193 Å². The third-order valence-corrected chi connectivity index (χ3v) is 35.2. The summed E-state index contributed by atoms with van der Waals surface area (Å²) in [6, 6.07) is 23.2. The van der Waals surface area contributed by atoms with E-state index in [0.29, 0.717) is 61.3 Å². The molecular weight excluding hydrogens is 1910 g/mol. The molecule has 2 aliphatic heterocycles. The summed E-state index contributed by atoms with van der Waals surface area (Å²) in [4.78, 5) is 211. The van der Waals surface area contributed by atoms with Crippen LogP contribution < -0.4 is 95.4 Å². The highest BCUT2D eigenvalue weighted by Gasteiger charge is 2.43. The minimum absolute atomic E-state index is 0.00206. The third-order valence-electron chi connectivity index (χ3n) is 22.3. The molecule has 138 heavy (non-hydrogen) atoms. The number of carboxylic acids is 2. The number of nitrogens with one attached hydrogen (secondary N) is 13. The number of anilines is 2. The summed E-state index contributed by atoms with van der Waals surface area (Å²) < 4.78 is 8.59. The van der Waals surface area contributed by atoms with E-state index in [1.54, 1.807) is 70.2 Å². The van der Waals surface area contributed by atoms with Crippen molar-refractivity contribution in [2.24, 2.45) is 29.0 Å². The van der Waals surface area contributed by atoms with Crippen LogP contribution in [0.3, 0.4) is 0 Å². The Morgan fingerprint density at radius 2 is 1.21 bits per heavy atom. The Morgan fingerprint density at radius 1 is 0.623 bits per heavy atom. The Hall–Kier alpha value is -12.5. The summed E-state index contributed by atoms with van der Waals surface area (Å²) in [7, 11) is 21.2. The van der Waals surface area contributed by atoms with Crippen LogP contribution in [0.4, 0.5) is 11.4 Å². The average Bonchev–Trinajstić information content (AvgIpc) is 0.903. The monoisotopic (exact) mass is 2020 g/mol. The topological polar surface area (TPSA) is 597 Å². The number of carboxylic acid groups (broad SMARTS) is 2. The number of allylic oxidation sites excluding steroid dienone is 5. The first-order chi connectivity index (χ1) is 65.2. The number of nitrogens with two attached hydrogens (primary N) is 3. The molecular formula is C93H118N19O19P6S+. The van der Waals surface area contributed by atoms with Gasteiger partial charge < -0.3 is 100 Å². The third kappa shape index (κ3) is 30.5. The number of thioether (sulfide) groups is 1. The molecule has 5 aromatic carbocycles. The number of carbonyl (C=O) groups excluding carboxylic acids is 13. The minimum atomic E-state index is -1.55. The van der Waals surface area contributed by atoms with E-state index < -0.39 is 167 Å². The van der Waals surface area contributed by atoms with Gasteiger partial charge in [-0.05, 0) is 162 Å². The molecule has 45 heteroatoms. The second-order valence-corrected chi connectivity index (χ2v) is 48.4. The summed E-state index contributed by atoms with van der Waals surface area (Å²) in [6.07, 6.45) is 3.37. The summed E-state index contributed by atoms with van der Waals surface area (Å²) in [5.41, 5.74) is 22.1. The number of ketones is 1.